The number of allylic oxidation sites excluding steroid dienone is 4. The van der Waals surface area contributed by atoms with Gasteiger partial charge in [0.1, 0.15) is 0 Å². The fourth-order valence-corrected chi connectivity index (χ4v) is 12.2. The number of halogens is 2. The molecule has 4 heteroatoms. The molecule has 0 spiro atoms. The van der Waals surface area contributed by atoms with E-state index in [1.54, 1.807) is 49.5 Å². The van der Waals surface area contributed by atoms with Crippen LogP contribution in [0.15, 0.2) is 54.6 Å². The summed E-state index contributed by atoms with van der Waals surface area (Å²) < 4.78 is 1.59. The second kappa shape index (κ2) is 10.4. The van der Waals surface area contributed by atoms with Crippen molar-refractivity contribution in [1.82, 2.24) is 0 Å². The van der Waals surface area contributed by atoms with Crippen LogP contribution in [0.5, 0.6) is 0 Å². The van der Waals surface area contributed by atoms with E-state index in [0.717, 1.165) is 17.5 Å². The summed E-state index contributed by atoms with van der Waals surface area (Å²) in [5.41, 5.74) is 6.88. The first-order chi connectivity index (χ1) is 14.8. The van der Waals surface area contributed by atoms with Gasteiger partial charge in [-0.1, -0.05) is 0 Å². The minimum absolute atomic E-state index is 0. The average molecular weight is 556 g/mol. The van der Waals surface area contributed by atoms with Gasteiger partial charge in [-0.25, -0.2) is 0 Å². The van der Waals surface area contributed by atoms with Gasteiger partial charge in [0.05, 0.1) is 0 Å². The molecule has 0 N–H and O–H groups in total. The molecule has 2 aromatic carbocycles. The standard InChI is InChI=1S/C28H29Si.2ClH.Zr/c1-2-10-20(9-1)28-26-19-21-11-3-8-16-24(21)25(26)17-18-27(28)29(22-12-4-5-13-22)23-14-6-7-15-23;;;/h1-3,8-9,11,16-18,22-23H,4-7,10,12-15H2;2*1H;/q;;;+2/p-2. The summed E-state index contributed by atoms with van der Waals surface area (Å²) in [6.45, 7) is 0. The summed E-state index contributed by atoms with van der Waals surface area (Å²) in [6.07, 6.45) is 20.0. The molecule has 0 aliphatic heterocycles. The molecule has 2 saturated carbocycles. The molecular formula is C28H29Cl2SiZr. The molecule has 4 aliphatic rings. The third-order valence-corrected chi connectivity index (χ3v) is 13.2. The molecule has 2 aromatic rings. The quantitative estimate of drug-likeness (QED) is 0.486. The van der Waals surface area contributed by atoms with E-state index in [9.17, 15) is 0 Å². The van der Waals surface area contributed by atoms with E-state index >= 15 is 0 Å². The molecule has 163 valence electrons. The van der Waals surface area contributed by atoms with Crippen molar-refractivity contribution in [3.63, 3.8) is 0 Å². The van der Waals surface area contributed by atoms with Gasteiger partial charge < -0.3 is 24.8 Å². The summed E-state index contributed by atoms with van der Waals surface area (Å²) >= 11 is 1.56. The summed E-state index contributed by atoms with van der Waals surface area (Å²) in [7, 11) is -0.546. The Morgan fingerprint density at radius 3 is 1.94 bits per heavy atom. The van der Waals surface area contributed by atoms with Crippen LogP contribution in [0.2, 0.25) is 11.1 Å². The number of benzene rings is 2. The second-order valence-electron chi connectivity index (χ2n) is 9.57. The molecule has 0 saturated heterocycles. The molecule has 0 aromatic heterocycles. The van der Waals surface area contributed by atoms with Crippen LogP contribution in [-0.2, 0) is 24.7 Å². The van der Waals surface area contributed by atoms with Crippen LogP contribution in [0.4, 0.5) is 0 Å². The number of rotatable bonds is 3. The van der Waals surface area contributed by atoms with E-state index in [-0.39, 0.29) is 24.8 Å². The van der Waals surface area contributed by atoms with Gasteiger partial charge in [0.25, 0.3) is 0 Å². The molecule has 32 heavy (non-hydrogen) atoms. The summed E-state index contributed by atoms with van der Waals surface area (Å²) in [6, 6.07) is 14.3. The van der Waals surface area contributed by atoms with E-state index in [1.807, 2.05) is 0 Å². The van der Waals surface area contributed by atoms with Crippen molar-refractivity contribution < 1.29 is 49.5 Å². The van der Waals surface area contributed by atoms with E-state index in [1.165, 1.54) is 67.0 Å². The summed E-state index contributed by atoms with van der Waals surface area (Å²) in [4.78, 5) is 1.81. The Labute approximate surface area is 220 Å². The van der Waals surface area contributed by atoms with Gasteiger partial charge in [-0.2, -0.15) is 0 Å². The van der Waals surface area contributed by atoms with E-state index in [4.69, 9.17) is 0 Å². The zero-order chi connectivity index (χ0) is 20.1. The molecule has 0 radical (unpaired) electrons. The number of fused-ring (bicyclic) bond motifs is 2. The summed E-state index contributed by atoms with van der Waals surface area (Å²) in [5.74, 6) is 0. The molecule has 0 nitrogen and oxygen atoms in total. The third-order valence-electron chi connectivity index (χ3n) is 7.94. The Kier molecular flexibility index (Phi) is 7.98. The van der Waals surface area contributed by atoms with Crippen molar-refractivity contribution >= 4 is 17.3 Å². The summed E-state index contributed by atoms with van der Waals surface area (Å²) in [5, 5.41) is 4.46. The second-order valence-corrected chi connectivity index (χ2v) is 13.9. The molecule has 0 amide bonds. The van der Waals surface area contributed by atoms with Crippen molar-refractivity contribution in [2.45, 2.75) is 68.9 Å². The van der Waals surface area contributed by atoms with Crippen molar-refractivity contribution in [3.05, 3.63) is 86.2 Å². The van der Waals surface area contributed by atoms with Crippen molar-refractivity contribution in [2.24, 2.45) is 0 Å². The first kappa shape index (κ1) is 24.6. The van der Waals surface area contributed by atoms with Gasteiger partial charge in [0, 0.05) is 0 Å². The molecule has 2 fully saturated rings. The van der Waals surface area contributed by atoms with Crippen molar-refractivity contribution in [3.8, 4) is 0 Å². The first-order valence-electron chi connectivity index (χ1n) is 11.9. The van der Waals surface area contributed by atoms with Gasteiger partial charge in [0.2, 0.25) is 0 Å². The zero-order valence-corrected chi connectivity index (χ0v) is 23.4. The monoisotopic (exact) mass is 553 g/mol. The maximum absolute atomic E-state index is 2.61. The maximum atomic E-state index is 2.61. The van der Waals surface area contributed by atoms with Gasteiger partial charge in [-0.3, -0.25) is 0 Å². The fraction of sp³-hybridized carbons (Fsp3) is 0.393. The first-order valence-corrected chi connectivity index (χ1v) is 14.8. The van der Waals surface area contributed by atoms with Crippen LogP contribution >= 0.6 is 0 Å². The van der Waals surface area contributed by atoms with Crippen molar-refractivity contribution in [1.29, 1.82) is 0 Å². The molecule has 0 bridgehead atoms. The number of hydrogen-bond acceptors (Lipinski definition) is 0. The molecule has 0 unspecified atom stereocenters. The van der Waals surface area contributed by atoms with E-state index in [2.05, 4.69) is 54.6 Å². The Bertz CT molecular complexity index is 1280. The minimum atomic E-state index is -0.546. The Morgan fingerprint density at radius 1 is 0.719 bits per heavy atom. The Hall–Kier alpha value is -0.530. The Morgan fingerprint density at radius 2 is 1.34 bits per heavy atom. The predicted molar refractivity (Wildman–Crippen MR) is 123 cm³/mol. The number of hydrogen-bond donors (Lipinski definition) is 0. The van der Waals surface area contributed by atoms with Crippen LogP contribution in [0.1, 0.15) is 68.9 Å². The van der Waals surface area contributed by atoms with Crippen LogP contribution in [0, 0.1) is 15.3 Å². The molecular weight excluding hydrogens is 527 g/mol. The normalized spacial score (nSPS) is 19.4. The average Bonchev–Trinajstić information content (AvgIpc) is 3.58. The topological polar surface area (TPSA) is 0 Å². The van der Waals surface area contributed by atoms with Crippen LogP contribution in [0.3, 0.4) is 0 Å². The molecule has 6 rings (SSSR count). The molecule has 0 heterocycles. The van der Waals surface area contributed by atoms with Gasteiger partial charge in [-0.15, -0.1) is 0 Å². The fourth-order valence-electron chi connectivity index (χ4n) is 6.61. The predicted octanol–water partition coefficient (Wildman–Crippen LogP) is 0.557. The Balaban J connectivity index is 0.00000122. The van der Waals surface area contributed by atoms with Crippen molar-refractivity contribution in [2.75, 3.05) is 0 Å². The molecule has 0 atom stereocenters. The SMILES string of the molecule is [Cl-].[Cl-].[Zr+2][C]1=c2ccccc2=c2ccc(=[Si](C3CCCC3)C3CCCC3)c(C3=CC=CC3)c21. The van der Waals surface area contributed by atoms with E-state index < -0.39 is 8.41 Å². The van der Waals surface area contributed by atoms with Crippen LogP contribution < -0.4 is 30.0 Å². The zero-order valence-electron chi connectivity index (χ0n) is 18.5. The van der Waals surface area contributed by atoms with Gasteiger partial charge in [0.15, 0.2) is 0 Å². The van der Waals surface area contributed by atoms with Crippen LogP contribution in [0.25, 0.3) is 8.85 Å². The van der Waals surface area contributed by atoms with Gasteiger partial charge in [-0.05, 0) is 0 Å². The molecule has 4 aliphatic carbocycles. The van der Waals surface area contributed by atoms with Crippen LogP contribution in [-0.4, -0.2) is 8.41 Å². The van der Waals surface area contributed by atoms with Gasteiger partial charge >= 0.3 is 197 Å². The third kappa shape index (κ3) is 4.08. The van der Waals surface area contributed by atoms with E-state index in [0.29, 0.717) is 0 Å².